The van der Waals surface area contributed by atoms with Crippen LogP contribution in [-0.2, 0) is 11.3 Å². The Morgan fingerprint density at radius 3 is 3.00 bits per heavy atom. The van der Waals surface area contributed by atoms with Crippen LogP contribution in [-0.4, -0.2) is 40.5 Å². The SMILES string of the molecule is COc1ccc(N)cc1-c1nnnn1CCOCC1CC1. The molecule has 1 aromatic carbocycles. The molecule has 1 heterocycles. The first-order chi connectivity index (χ1) is 10.3. The molecule has 7 nitrogen and oxygen atoms in total. The Bertz CT molecular complexity index is 609. The van der Waals surface area contributed by atoms with Gasteiger partial charge in [-0.2, -0.15) is 0 Å². The summed E-state index contributed by atoms with van der Waals surface area (Å²) in [5.41, 5.74) is 7.27. The zero-order chi connectivity index (χ0) is 14.7. The van der Waals surface area contributed by atoms with E-state index in [0.717, 1.165) is 18.1 Å². The predicted molar refractivity (Wildman–Crippen MR) is 77.8 cm³/mol. The predicted octanol–water partition coefficient (Wildman–Crippen LogP) is 1.36. The van der Waals surface area contributed by atoms with E-state index in [4.69, 9.17) is 15.2 Å². The summed E-state index contributed by atoms with van der Waals surface area (Å²) in [7, 11) is 1.61. The molecular formula is C14H19N5O2. The number of nitrogens with zero attached hydrogens (tertiary/aromatic N) is 4. The number of aromatic nitrogens is 4. The number of nitrogens with two attached hydrogens (primary N) is 1. The summed E-state index contributed by atoms with van der Waals surface area (Å²) < 4.78 is 12.7. The van der Waals surface area contributed by atoms with Crippen molar-refractivity contribution >= 4 is 5.69 Å². The Hall–Kier alpha value is -2.15. The lowest BCUT2D eigenvalue weighted by molar-refractivity contribution is 0.114. The normalized spacial score (nSPS) is 14.3. The zero-order valence-electron chi connectivity index (χ0n) is 12.0. The summed E-state index contributed by atoms with van der Waals surface area (Å²) >= 11 is 0. The number of benzene rings is 1. The number of hydrogen-bond donors (Lipinski definition) is 1. The molecule has 0 aliphatic heterocycles. The van der Waals surface area contributed by atoms with E-state index in [2.05, 4.69) is 15.5 Å². The van der Waals surface area contributed by atoms with Gasteiger partial charge in [-0.1, -0.05) is 0 Å². The average Bonchev–Trinajstić information content (AvgIpc) is 3.20. The van der Waals surface area contributed by atoms with Crippen molar-refractivity contribution in [3.63, 3.8) is 0 Å². The van der Waals surface area contributed by atoms with Crippen LogP contribution in [0.4, 0.5) is 5.69 Å². The molecule has 1 aliphatic rings. The minimum atomic E-state index is 0.596. The second-order valence-corrected chi connectivity index (χ2v) is 5.20. The number of hydrogen-bond acceptors (Lipinski definition) is 6. The summed E-state index contributed by atoms with van der Waals surface area (Å²) in [6, 6.07) is 5.41. The van der Waals surface area contributed by atoms with Gasteiger partial charge in [-0.3, -0.25) is 0 Å². The van der Waals surface area contributed by atoms with E-state index in [-0.39, 0.29) is 0 Å². The number of methoxy groups -OCH3 is 1. The fraction of sp³-hybridized carbons (Fsp3) is 0.500. The highest BCUT2D eigenvalue weighted by molar-refractivity contribution is 5.68. The lowest BCUT2D eigenvalue weighted by Gasteiger charge is -2.10. The van der Waals surface area contributed by atoms with Crippen LogP contribution >= 0.6 is 0 Å². The van der Waals surface area contributed by atoms with Crippen molar-refractivity contribution in [3.8, 4) is 17.1 Å². The number of anilines is 1. The lowest BCUT2D eigenvalue weighted by Crippen LogP contribution is -2.10. The number of ether oxygens (including phenoxy) is 2. The van der Waals surface area contributed by atoms with E-state index in [1.165, 1.54) is 12.8 Å². The van der Waals surface area contributed by atoms with E-state index in [1.807, 2.05) is 12.1 Å². The third kappa shape index (κ3) is 3.30. The fourth-order valence-corrected chi connectivity index (χ4v) is 2.13. The molecule has 1 aliphatic carbocycles. The van der Waals surface area contributed by atoms with Crippen LogP contribution in [0.2, 0.25) is 0 Å². The second kappa shape index (κ2) is 6.09. The first-order valence-corrected chi connectivity index (χ1v) is 7.05. The van der Waals surface area contributed by atoms with E-state index in [1.54, 1.807) is 17.9 Å². The monoisotopic (exact) mass is 289 g/mol. The van der Waals surface area contributed by atoms with Gasteiger partial charge in [0.2, 0.25) is 0 Å². The number of nitrogen functional groups attached to an aromatic ring is 1. The Balaban J connectivity index is 1.73. The third-order valence-electron chi connectivity index (χ3n) is 3.49. The molecule has 112 valence electrons. The van der Waals surface area contributed by atoms with Gasteiger partial charge in [-0.15, -0.1) is 5.10 Å². The van der Waals surface area contributed by atoms with Gasteiger partial charge in [-0.25, -0.2) is 4.68 Å². The molecule has 1 aromatic heterocycles. The molecule has 2 aromatic rings. The molecule has 0 bridgehead atoms. The molecule has 0 spiro atoms. The van der Waals surface area contributed by atoms with Crippen molar-refractivity contribution in [1.29, 1.82) is 0 Å². The minimum absolute atomic E-state index is 0.596. The Morgan fingerprint density at radius 2 is 2.24 bits per heavy atom. The number of rotatable bonds is 7. The van der Waals surface area contributed by atoms with Crippen molar-refractivity contribution in [3.05, 3.63) is 18.2 Å². The third-order valence-corrected chi connectivity index (χ3v) is 3.49. The maximum absolute atomic E-state index is 5.84. The van der Waals surface area contributed by atoms with Crippen LogP contribution in [0.15, 0.2) is 18.2 Å². The van der Waals surface area contributed by atoms with E-state index in [9.17, 15) is 0 Å². The number of tetrazole rings is 1. The molecule has 0 amide bonds. The van der Waals surface area contributed by atoms with Gasteiger partial charge in [0.1, 0.15) is 5.75 Å². The molecule has 0 atom stereocenters. The van der Waals surface area contributed by atoms with Gasteiger partial charge >= 0.3 is 0 Å². The topological polar surface area (TPSA) is 88.1 Å². The van der Waals surface area contributed by atoms with Gasteiger partial charge in [0.05, 0.1) is 25.8 Å². The molecule has 1 saturated carbocycles. The highest BCUT2D eigenvalue weighted by Gasteiger charge is 2.21. The molecule has 1 fully saturated rings. The van der Waals surface area contributed by atoms with Gasteiger partial charge in [0.15, 0.2) is 5.82 Å². The molecule has 2 N–H and O–H groups in total. The Labute approximate surface area is 123 Å². The zero-order valence-corrected chi connectivity index (χ0v) is 12.0. The quantitative estimate of drug-likeness (QED) is 0.611. The summed E-state index contributed by atoms with van der Waals surface area (Å²) in [5.74, 6) is 2.08. The van der Waals surface area contributed by atoms with Gasteiger partial charge in [0.25, 0.3) is 0 Å². The first kappa shape index (κ1) is 13.8. The first-order valence-electron chi connectivity index (χ1n) is 7.05. The Kier molecular flexibility index (Phi) is 4.01. The van der Waals surface area contributed by atoms with Crippen molar-refractivity contribution in [2.24, 2.45) is 5.92 Å². The van der Waals surface area contributed by atoms with Crippen molar-refractivity contribution in [1.82, 2.24) is 20.2 Å². The molecule has 0 saturated heterocycles. The average molecular weight is 289 g/mol. The van der Waals surface area contributed by atoms with Gasteiger partial charge in [0, 0.05) is 12.3 Å². The summed E-state index contributed by atoms with van der Waals surface area (Å²) in [4.78, 5) is 0. The summed E-state index contributed by atoms with van der Waals surface area (Å²) in [6.07, 6.45) is 2.58. The van der Waals surface area contributed by atoms with Crippen LogP contribution in [0, 0.1) is 5.92 Å². The van der Waals surface area contributed by atoms with Gasteiger partial charge < -0.3 is 15.2 Å². The second-order valence-electron chi connectivity index (χ2n) is 5.20. The van der Waals surface area contributed by atoms with Crippen LogP contribution in [0.5, 0.6) is 5.75 Å². The highest BCUT2D eigenvalue weighted by atomic mass is 16.5. The van der Waals surface area contributed by atoms with Crippen LogP contribution in [0.25, 0.3) is 11.4 Å². The van der Waals surface area contributed by atoms with Crippen LogP contribution in [0.1, 0.15) is 12.8 Å². The van der Waals surface area contributed by atoms with Crippen molar-refractivity contribution < 1.29 is 9.47 Å². The standard InChI is InChI=1S/C14H19N5O2/c1-20-13-5-4-11(15)8-12(13)14-16-17-18-19(14)6-7-21-9-10-2-3-10/h4-5,8,10H,2-3,6-7,9,15H2,1H3. The molecule has 3 rings (SSSR count). The fourth-order valence-electron chi connectivity index (χ4n) is 2.13. The van der Waals surface area contributed by atoms with E-state index < -0.39 is 0 Å². The highest BCUT2D eigenvalue weighted by Crippen LogP contribution is 2.30. The summed E-state index contributed by atoms with van der Waals surface area (Å²) in [5, 5.41) is 11.8. The Morgan fingerprint density at radius 1 is 1.38 bits per heavy atom. The van der Waals surface area contributed by atoms with Crippen LogP contribution in [0.3, 0.4) is 0 Å². The maximum Gasteiger partial charge on any atom is 0.185 e. The molecular weight excluding hydrogens is 270 g/mol. The van der Waals surface area contributed by atoms with Crippen molar-refractivity contribution in [2.75, 3.05) is 26.1 Å². The van der Waals surface area contributed by atoms with Crippen molar-refractivity contribution in [2.45, 2.75) is 19.4 Å². The molecule has 0 unspecified atom stereocenters. The van der Waals surface area contributed by atoms with E-state index >= 15 is 0 Å². The molecule has 7 heteroatoms. The lowest BCUT2D eigenvalue weighted by atomic mass is 10.1. The summed E-state index contributed by atoms with van der Waals surface area (Å²) in [6.45, 7) is 2.03. The minimum Gasteiger partial charge on any atom is -0.496 e. The largest absolute Gasteiger partial charge is 0.496 e. The van der Waals surface area contributed by atoms with Crippen LogP contribution < -0.4 is 10.5 Å². The molecule has 21 heavy (non-hydrogen) atoms. The smallest absolute Gasteiger partial charge is 0.185 e. The maximum atomic E-state index is 5.84. The van der Waals surface area contributed by atoms with E-state index in [0.29, 0.717) is 30.4 Å². The van der Waals surface area contributed by atoms with Gasteiger partial charge in [-0.05, 0) is 47.4 Å². The molecule has 0 radical (unpaired) electrons.